The van der Waals surface area contributed by atoms with E-state index in [1.807, 2.05) is 13.8 Å². The Hall–Kier alpha value is -1.40. The molecular formula is C12H22N4O2. The maximum atomic E-state index is 5.84. The summed E-state index contributed by atoms with van der Waals surface area (Å²) in [7, 11) is 1.65. The monoisotopic (exact) mass is 254 g/mol. The second kappa shape index (κ2) is 7.84. The fourth-order valence-electron chi connectivity index (χ4n) is 1.57. The number of nitrogens with one attached hydrogen (secondary N) is 1. The predicted molar refractivity (Wildman–Crippen MR) is 70.9 cm³/mol. The van der Waals surface area contributed by atoms with Gasteiger partial charge in [0.1, 0.15) is 12.1 Å². The van der Waals surface area contributed by atoms with E-state index in [0.717, 1.165) is 24.3 Å². The molecule has 1 atom stereocenters. The third-order valence-electron chi connectivity index (χ3n) is 2.51. The average Bonchev–Trinajstić information content (AvgIpc) is 2.34. The Labute approximate surface area is 108 Å². The standard InChI is InChI=1S/C12H22N4O2/c1-4-18-12-9(2)11(15-8-16-12)14-6-5-10(13)7-17-3/h8,10H,4-7,13H2,1-3H3,(H,14,15,16). The fourth-order valence-corrected chi connectivity index (χ4v) is 1.57. The zero-order chi connectivity index (χ0) is 13.4. The lowest BCUT2D eigenvalue weighted by atomic mass is 10.2. The van der Waals surface area contributed by atoms with Gasteiger partial charge in [0.05, 0.1) is 18.8 Å². The van der Waals surface area contributed by atoms with Crippen LogP contribution in [0.25, 0.3) is 0 Å². The minimum atomic E-state index is 0.0380. The molecule has 0 radical (unpaired) electrons. The van der Waals surface area contributed by atoms with Gasteiger partial charge in [-0.1, -0.05) is 0 Å². The van der Waals surface area contributed by atoms with Crippen LogP contribution < -0.4 is 15.8 Å². The first-order valence-corrected chi connectivity index (χ1v) is 6.11. The van der Waals surface area contributed by atoms with Crippen molar-refractivity contribution >= 4 is 5.82 Å². The van der Waals surface area contributed by atoms with Gasteiger partial charge in [0, 0.05) is 19.7 Å². The van der Waals surface area contributed by atoms with E-state index in [1.165, 1.54) is 6.33 Å². The summed E-state index contributed by atoms with van der Waals surface area (Å²) < 4.78 is 10.4. The van der Waals surface area contributed by atoms with Crippen molar-refractivity contribution in [2.75, 3.05) is 32.2 Å². The second-order valence-corrected chi connectivity index (χ2v) is 4.02. The molecule has 1 heterocycles. The Bertz CT molecular complexity index is 360. The van der Waals surface area contributed by atoms with Crippen LogP contribution in [0.4, 0.5) is 5.82 Å². The Morgan fingerprint density at radius 3 is 2.89 bits per heavy atom. The van der Waals surface area contributed by atoms with Crippen molar-refractivity contribution in [2.24, 2.45) is 5.73 Å². The van der Waals surface area contributed by atoms with Gasteiger partial charge >= 0.3 is 0 Å². The average molecular weight is 254 g/mol. The second-order valence-electron chi connectivity index (χ2n) is 4.02. The summed E-state index contributed by atoms with van der Waals surface area (Å²) in [6, 6.07) is 0.0380. The Kier molecular flexibility index (Phi) is 6.38. The summed E-state index contributed by atoms with van der Waals surface area (Å²) in [5.74, 6) is 1.41. The summed E-state index contributed by atoms with van der Waals surface area (Å²) in [4.78, 5) is 8.27. The van der Waals surface area contributed by atoms with Crippen molar-refractivity contribution in [2.45, 2.75) is 26.3 Å². The SMILES string of the molecule is CCOc1ncnc(NCCC(N)COC)c1C. The number of methoxy groups -OCH3 is 1. The van der Waals surface area contributed by atoms with Crippen LogP contribution >= 0.6 is 0 Å². The number of aromatic nitrogens is 2. The molecule has 3 N–H and O–H groups in total. The molecule has 0 saturated heterocycles. The summed E-state index contributed by atoms with van der Waals surface area (Å²) in [5, 5.41) is 3.23. The van der Waals surface area contributed by atoms with E-state index in [0.29, 0.717) is 19.1 Å². The summed E-state index contributed by atoms with van der Waals surface area (Å²) in [6.07, 6.45) is 2.32. The Morgan fingerprint density at radius 1 is 1.44 bits per heavy atom. The minimum absolute atomic E-state index is 0.0380. The number of nitrogens with two attached hydrogens (primary N) is 1. The van der Waals surface area contributed by atoms with E-state index in [9.17, 15) is 0 Å². The normalized spacial score (nSPS) is 12.2. The first kappa shape index (κ1) is 14.7. The molecule has 18 heavy (non-hydrogen) atoms. The lowest BCUT2D eigenvalue weighted by molar-refractivity contribution is 0.178. The molecule has 1 unspecified atom stereocenters. The molecule has 6 nitrogen and oxygen atoms in total. The number of ether oxygens (including phenoxy) is 2. The van der Waals surface area contributed by atoms with Crippen molar-refractivity contribution in [3.05, 3.63) is 11.9 Å². The van der Waals surface area contributed by atoms with Crippen LogP contribution in [0.2, 0.25) is 0 Å². The topological polar surface area (TPSA) is 82.3 Å². The number of hydrogen-bond acceptors (Lipinski definition) is 6. The number of hydrogen-bond donors (Lipinski definition) is 2. The van der Waals surface area contributed by atoms with E-state index in [1.54, 1.807) is 7.11 Å². The highest BCUT2D eigenvalue weighted by atomic mass is 16.5. The fraction of sp³-hybridized carbons (Fsp3) is 0.667. The van der Waals surface area contributed by atoms with Gasteiger partial charge in [-0.05, 0) is 20.3 Å². The highest BCUT2D eigenvalue weighted by Gasteiger charge is 2.08. The smallest absolute Gasteiger partial charge is 0.221 e. The molecule has 0 spiro atoms. The molecule has 0 aliphatic carbocycles. The zero-order valence-electron chi connectivity index (χ0n) is 11.3. The van der Waals surface area contributed by atoms with Gasteiger partial charge in [-0.15, -0.1) is 0 Å². The maximum Gasteiger partial charge on any atom is 0.221 e. The maximum absolute atomic E-state index is 5.84. The van der Waals surface area contributed by atoms with Crippen LogP contribution in [0, 0.1) is 6.92 Å². The molecular weight excluding hydrogens is 232 g/mol. The van der Waals surface area contributed by atoms with E-state index >= 15 is 0 Å². The lowest BCUT2D eigenvalue weighted by Gasteiger charge is -2.13. The molecule has 0 saturated carbocycles. The van der Waals surface area contributed by atoms with E-state index in [2.05, 4.69) is 15.3 Å². The molecule has 0 aliphatic heterocycles. The van der Waals surface area contributed by atoms with Crippen LogP contribution in [0.3, 0.4) is 0 Å². The van der Waals surface area contributed by atoms with E-state index < -0.39 is 0 Å². The van der Waals surface area contributed by atoms with Crippen molar-refractivity contribution < 1.29 is 9.47 Å². The summed E-state index contributed by atoms with van der Waals surface area (Å²) in [5.41, 5.74) is 6.76. The predicted octanol–water partition coefficient (Wildman–Crippen LogP) is 0.959. The van der Waals surface area contributed by atoms with Crippen LogP contribution in [0.15, 0.2) is 6.33 Å². The summed E-state index contributed by atoms with van der Waals surface area (Å²) >= 11 is 0. The van der Waals surface area contributed by atoms with Gasteiger partial charge in [0.15, 0.2) is 0 Å². The molecule has 102 valence electrons. The largest absolute Gasteiger partial charge is 0.478 e. The Balaban J connectivity index is 2.49. The van der Waals surface area contributed by atoms with Gasteiger partial charge in [-0.3, -0.25) is 0 Å². The van der Waals surface area contributed by atoms with E-state index in [-0.39, 0.29) is 6.04 Å². The van der Waals surface area contributed by atoms with Crippen molar-refractivity contribution in [1.82, 2.24) is 9.97 Å². The molecule has 0 fully saturated rings. The first-order valence-electron chi connectivity index (χ1n) is 6.11. The molecule has 0 aliphatic rings. The van der Waals surface area contributed by atoms with Crippen LogP contribution in [0.5, 0.6) is 5.88 Å². The molecule has 0 aromatic carbocycles. The molecule has 0 amide bonds. The van der Waals surface area contributed by atoms with Crippen LogP contribution in [-0.4, -0.2) is 42.9 Å². The quantitative estimate of drug-likeness (QED) is 0.719. The van der Waals surface area contributed by atoms with Crippen LogP contribution in [0.1, 0.15) is 18.9 Å². The Morgan fingerprint density at radius 2 is 2.22 bits per heavy atom. The highest BCUT2D eigenvalue weighted by molar-refractivity contribution is 5.47. The van der Waals surface area contributed by atoms with Gasteiger partial charge in [-0.2, -0.15) is 0 Å². The number of nitrogens with zero attached hydrogens (tertiary/aromatic N) is 2. The van der Waals surface area contributed by atoms with Crippen molar-refractivity contribution in [3.63, 3.8) is 0 Å². The number of rotatable bonds is 8. The van der Waals surface area contributed by atoms with Gasteiger partial charge in [-0.25, -0.2) is 9.97 Å². The third kappa shape index (κ3) is 4.46. The molecule has 6 heteroatoms. The third-order valence-corrected chi connectivity index (χ3v) is 2.51. The van der Waals surface area contributed by atoms with Gasteiger partial charge in [0.25, 0.3) is 0 Å². The van der Waals surface area contributed by atoms with Crippen LogP contribution in [-0.2, 0) is 4.74 Å². The van der Waals surface area contributed by atoms with Gasteiger partial charge < -0.3 is 20.5 Å². The molecule has 0 bridgehead atoms. The molecule has 1 rings (SSSR count). The van der Waals surface area contributed by atoms with E-state index in [4.69, 9.17) is 15.2 Å². The lowest BCUT2D eigenvalue weighted by Crippen LogP contribution is -2.28. The minimum Gasteiger partial charge on any atom is -0.478 e. The van der Waals surface area contributed by atoms with Gasteiger partial charge in [0.2, 0.25) is 5.88 Å². The summed E-state index contributed by atoms with van der Waals surface area (Å²) in [6.45, 7) is 5.76. The number of anilines is 1. The molecule has 1 aromatic rings. The highest BCUT2D eigenvalue weighted by Crippen LogP contribution is 2.19. The molecule has 1 aromatic heterocycles. The zero-order valence-corrected chi connectivity index (χ0v) is 11.3. The van der Waals surface area contributed by atoms with Crippen molar-refractivity contribution in [3.8, 4) is 5.88 Å². The van der Waals surface area contributed by atoms with Crippen molar-refractivity contribution in [1.29, 1.82) is 0 Å². The first-order chi connectivity index (χ1) is 8.69.